The van der Waals surface area contributed by atoms with E-state index in [9.17, 15) is 9.90 Å². The number of phenolic OH excluding ortho intramolecular Hbond substituents is 1. The van der Waals surface area contributed by atoms with Crippen molar-refractivity contribution in [3.05, 3.63) is 47.0 Å². The molecule has 0 radical (unpaired) electrons. The zero-order chi connectivity index (χ0) is 21.2. The molecule has 1 aliphatic heterocycles. The van der Waals surface area contributed by atoms with E-state index in [0.29, 0.717) is 40.5 Å². The molecular formula is C23H26O6. The number of benzene rings is 2. The van der Waals surface area contributed by atoms with Crippen molar-refractivity contribution in [3.8, 4) is 28.7 Å². The molecule has 0 aliphatic carbocycles. The van der Waals surface area contributed by atoms with Gasteiger partial charge in [0, 0.05) is 5.56 Å². The quantitative estimate of drug-likeness (QED) is 0.574. The first-order valence-electron chi connectivity index (χ1n) is 9.36. The number of fused-ring (bicyclic) bond motifs is 1. The van der Waals surface area contributed by atoms with Crippen LogP contribution in [0.1, 0.15) is 41.8 Å². The van der Waals surface area contributed by atoms with Crippen molar-refractivity contribution in [1.82, 2.24) is 0 Å². The second-order valence-electron chi connectivity index (χ2n) is 7.46. The van der Waals surface area contributed by atoms with E-state index in [1.807, 2.05) is 13.8 Å². The zero-order valence-corrected chi connectivity index (χ0v) is 17.4. The lowest BCUT2D eigenvalue weighted by Crippen LogP contribution is -2.32. The van der Waals surface area contributed by atoms with Crippen LogP contribution in [0.5, 0.6) is 28.7 Å². The number of methoxy groups -OCH3 is 3. The highest BCUT2D eigenvalue weighted by atomic mass is 16.5. The molecule has 3 rings (SSSR count). The Morgan fingerprint density at radius 3 is 2.34 bits per heavy atom. The largest absolute Gasteiger partial charge is 0.507 e. The number of phenols is 1. The molecule has 29 heavy (non-hydrogen) atoms. The number of ether oxygens (including phenoxy) is 4. The minimum absolute atomic E-state index is 0.0162. The van der Waals surface area contributed by atoms with E-state index >= 15 is 0 Å². The molecule has 154 valence electrons. The van der Waals surface area contributed by atoms with Crippen molar-refractivity contribution in [3.63, 3.8) is 0 Å². The molecule has 1 heterocycles. The van der Waals surface area contributed by atoms with E-state index in [-0.39, 0.29) is 22.7 Å². The van der Waals surface area contributed by atoms with Crippen LogP contribution in [0.4, 0.5) is 0 Å². The van der Waals surface area contributed by atoms with E-state index in [0.717, 1.165) is 6.42 Å². The summed E-state index contributed by atoms with van der Waals surface area (Å²) in [4.78, 5) is 12.7. The Balaban J connectivity index is 1.89. The topological polar surface area (TPSA) is 74.2 Å². The normalized spacial score (nSPS) is 14.8. The first-order chi connectivity index (χ1) is 13.8. The summed E-state index contributed by atoms with van der Waals surface area (Å²) in [6, 6.07) is 6.83. The van der Waals surface area contributed by atoms with Gasteiger partial charge in [-0.2, -0.15) is 0 Å². The number of aromatic hydroxyl groups is 1. The molecule has 1 N–H and O–H groups in total. The maximum atomic E-state index is 12.7. The van der Waals surface area contributed by atoms with Crippen LogP contribution < -0.4 is 18.9 Å². The van der Waals surface area contributed by atoms with E-state index in [1.54, 1.807) is 30.3 Å². The number of hydrogen-bond donors (Lipinski definition) is 1. The third kappa shape index (κ3) is 4.16. The number of carbonyl (C=O) groups excluding carboxylic acids is 1. The summed E-state index contributed by atoms with van der Waals surface area (Å²) in [6.07, 6.45) is 4.49. The monoisotopic (exact) mass is 398 g/mol. The molecule has 0 saturated heterocycles. The fourth-order valence-electron chi connectivity index (χ4n) is 3.39. The van der Waals surface area contributed by atoms with Crippen LogP contribution in [-0.4, -0.2) is 37.8 Å². The average molecular weight is 398 g/mol. The zero-order valence-electron chi connectivity index (χ0n) is 17.4. The number of carbonyl (C=O) groups is 1. The highest BCUT2D eigenvalue weighted by Crippen LogP contribution is 2.40. The molecule has 6 heteroatoms. The van der Waals surface area contributed by atoms with Crippen LogP contribution in [0.2, 0.25) is 0 Å². The highest BCUT2D eigenvalue weighted by molar-refractivity contribution is 6.09. The van der Waals surface area contributed by atoms with Crippen LogP contribution in [0.3, 0.4) is 0 Å². The molecule has 0 saturated carbocycles. The molecule has 0 aromatic heterocycles. The van der Waals surface area contributed by atoms with Gasteiger partial charge < -0.3 is 24.1 Å². The predicted molar refractivity (Wildman–Crippen MR) is 111 cm³/mol. The van der Waals surface area contributed by atoms with E-state index < -0.39 is 0 Å². The Labute approximate surface area is 170 Å². The minimum atomic E-state index is -0.302. The van der Waals surface area contributed by atoms with Gasteiger partial charge in [0.15, 0.2) is 17.3 Å². The maximum absolute atomic E-state index is 12.7. The van der Waals surface area contributed by atoms with Gasteiger partial charge in [-0.15, -0.1) is 0 Å². The third-order valence-corrected chi connectivity index (χ3v) is 4.98. The second kappa shape index (κ2) is 8.07. The number of allylic oxidation sites excluding steroid dienone is 1. The fourth-order valence-corrected chi connectivity index (χ4v) is 3.39. The lowest BCUT2D eigenvalue weighted by atomic mass is 9.91. The van der Waals surface area contributed by atoms with Gasteiger partial charge in [-0.3, -0.25) is 4.79 Å². The fraction of sp³-hybridized carbons (Fsp3) is 0.348. The molecule has 0 fully saturated rings. The molecule has 2 aromatic carbocycles. The van der Waals surface area contributed by atoms with Gasteiger partial charge in [0.1, 0.15) is 17.1 Å². The summed E-state index contributed by atoms with van der Waals surface area (Å²) >= 11 is 0. The van der Waals surface area contributed by atoms with Gasteiger partial charge in [0.05, 0.1) is 26.9 Å². The molecule has 0 atom stereocenters. The average Bonchev–Trinajstić information content (AvgIpc) is 2.70. The first-order valence-corrected chi connectivity index (χ1v) is 9.36. The Kier molecular flexibility index (Phi) is 5.73. The summed E-state index contributed by atoms with van der Waals surface area (Å²) in [5, 5.41) is 10.6. The summed E-state index contributed by atoms with van der Waals surface area (Å²) in [6.45, 7) is 4.01. The van der Waals surface area contributed by atoms with Crippen LogP contribution in [0.25, 0.3) is 6.08 Å². The van der Waals surface area contributed by atoms with E-state index in [4.69, 9.17) is 18.9 Å². The van der Waals surface area contributed by atoms with Crippen molar-refractivity contribution in [2.45, 2.75) is 32.3 Å². The molecule has 0 amide bonds. The van der Waals surface area contributed by atoms with E-state index in [1.165, 1.54) is 27.4 Å². The first kappa shape index (κ1) is 20.6. The summed E-state index contributed by atoms with van der Waals surface area (Å²) < 4.78 is 21.9. The standard InChI is InChI=1S/C23H26O6/c1-23(2)11-10-16-18(29-23)9-7-15(21(16)25)17(24)8-6-14-12-19(26-3)22(28-5)20(13-14)27-4/h6-9,12-13,25H,10-11H2,1-5H3/b8-6-. The Bertz CT molecular complexity index is 933. The summed E-state index contributed by atoms with van der Waals surface area (Å²) in [7, 11) is 4.60. The minimum Gasteiger partial charge on any atom is -0.507 e. The molecule has 0 bridgehead atoms. The van der Waals surface area contributed by atoms with Gasteiger partial charge in [0.25, 0.3) is 0 Å². The highest BCUT2D eigenvalue weighted by Gasteiger charge is 2.29. The number of ketones is 1. The Morgan fingerprint density at radius 1 is 1.10 bits per heavy atom. The van der Waals surface area contributed by atoms with Crippen LogP contribution in [0, 0.1) is 0 Å². The smallest absolute Gasteiger partial charge is 0.203 e. The summed E-state index contributed by atoms with van der Waals surface area (Å²) in [5.74, 6) is 1.78. The maximum Gasteiger partial charge on any atom is 0.203 e. The molecule has 2 aromatic rings. The van der Waals surface area contributed by atoms with Gasteiger partial charge in [0.2, 0.25) is 5.75 Å². The van der Waals surface area contributed by atoms with Crippen LogP contribution in [0.15, 0.2) is 30.3 Å². The molecule has 1 aliphatic rings. The molecule has 0 unspecified atom stereocenters. The molecular weight excluding hydrogens is 372 g/mol. The van der Waals surface area contributed by atoms with Gasteiger partial charge in [-0.25, -0.2) is 0 Å². The lowest BCUT2D eigenvalue weighted by Gasteiger charge is -2.33. The lowest BCUT2D eigenvalue weighted by molar-refractivity contribution is 0.0836. The SMILES string of the molecule is COc1cc(/C=C\C(=O)c2ccc3c(c2O)CCC(C)(C)O3)cc(OC)c1OC. The van der Waals surface area contributed by atoms with Crippen molar-refractivity contribution >= 4 is 11.9 Å². The van der Waals surface area contributed by atoms with Crippen molar-refractivity contribution < 1.29 is 28.8 Å². The summed E-state index contributed by atoms with van der Waals surface area (Å²) in [5.41, 5.74) is 1.35. The van der Waals surface area contributed by atoms with Crippen molar-refractivity contribution in [2.24, 2.45) is 0 Å². The van der Waals surface area contributed by atoms with Crippen molar-refractivity contribution in [1.29, 1.82) is 0 Å². The second-order valence-corrected chi connectivity index (χ2v) is 7.46. The number of rotatable bonds is 6. The Morgan fingerprint density at radius 2 is 1.76 bits per heavy atom. The predicted octanol–water partition coefficient (Wildman–Crippen LogP) is 4.42. The van der Waals surface area contributed by atoms with Gasteiger partial charge in [-0.05, 0) is 62.6 Å². The van der Waals surface area contributed by atoms with Gasteiger partial charge in [-0.1, -0.05) is 6.08 Å². The number of hydrogen-bond acceptors (Lipinski definition) is 6. The van der Waals surface area contributed by atoms with Crippen LogP contribution in [-0.2, 0) is 6.42 Å². The third-order valence-electron chi connectivity index (χ3n) is 4.98. The Hall–Kier alpha value is -3.15. The molecule has 6 nitrogen and oxygen atoms in total. The van der Waals surface area contributed by atoms with Crippen molar-refractivity contribution in [2.75, 3.05) is 21.3 Å². The van der Waals surface area contributed by atoms with E-state index in [2.05, 4.69) is 0 Å². The van der Waals surface area contributed by atoms with Gasteiger partial charge >= 0.3 is 0 Å². The van der Waals surface area contributed by atoms with Crippen LogP contribution >= 0.6 is 0 Å². The molecule has 0 spiro atoms.